The summed E-state index contributed by atoms with van der Waals surface area (Å²) in [6.45, 7) is 41.9. The lowest BCUT2D eigenvalue weighted by molar-refractivity contribution is -0.149. The number of allylic oxidation sites excluding steroid dienone is 3. The average molecular weight is 805 g/mol. The molecule has 7 nitrogen and oxygen atoms in total. The van der Waals surface area contributed by atoms with Gasteiger partial charge in [-0.05, 0) is 92.6 Å². The van der Waals surface area contributed by atoms with Crippen molar-refractivity contribution in [2.24, 2.45) is 29.1 Å². The Balaban J connectivity index is 3.45. The van der Waals surface area contributed by atoms with Gasteiger partial charge >= 0.3 is 0 Å². The van der Waals surface area contributed by atoms with Gasteiger partial charge in [0.2, 0.25) is 0 Å². The fraction of sp³-hybridized carbons (Fsp3) is 0.761. The zero-order valence-corrected chi connectivity index (χ0v) is 41.1. The normalized spacial score (nSPS) is 18.1. The molecule has 0 unspecified atom stereocenters. The molecule has 8 atom stereocenters. The molecule has 0 spiro atoms. The smallest absolute Gasteiger partial charge is 0.192 e. The molecule has 55 heavy (non-hydrogen) atoms. The van der Waals surface area contributed by atoms with E-state index in [1.54, 1.807) is 14.2 Å². The highest BCUT2D eigenvalue weighted by molar-refractivity contribution is 6.74. The van der Waals surface area contributed by atoms with Gasteiger partial charge in [-0.15, -0.1) is 0 Å². The Morgan fingerprint density at radius 1 is 0.782 bits per heavy atom. The monoisotopic (exact) mass is 805 g/mol. The van der Waals surface area contributed by atoms with Crippen LogP contribution < -0.4 is 4.74 Å². The highest BCUT2D eigenvalue weighted by atomic mass is 28.4. The summed E-state index contributed by atoms with van der Waals surface area (Å²) >= 11 is 0. The molecule has 0 radical (unpaired) electrons. The Kier molecular flexibility index (Phi) is 19.5. The van der Waals surface area contributed by atoms with Gasteiger partial charge in [0.1, 0.15) is 11.5 Å². The van der Waals surface area contributed by atoms with E-state index in [1.807, 2.05) is 52.0 Å². The molecule has 1 rings (SSSR count). The highest BCUT2D eigenvalue weighted by Gasteiger charge is 2.49. The number of Topliss-reactive ketones (excluding diaryl/α,β-unsaturated/α-hetero) is 1. The number of ketones is 1. The summed E-state index contributed by atoms with van der Waals surface area (Å²) < 4.78 is 32.0. The first-order valence-electron chi connectivity index (χ1n) is 20.6. The van der Waals surface area contributed by atoms with E-state index >= 15 is 0 Å². The van der Waals surface area contributed by atoms with Crippen LogP contribution in [-0.2, 0) is 29.7 Å². The van der Waals surface area contributed by atoms with Crippen LogP contribution in [0, 0.1) is 29.1 Å². The van der Waals surface area contributed by atoms with Gasteiger partial charge in [0.15, 0.2) is 16.6 Å². The topological polar surface area (TPSA) is 83.5 Å². The maximum atomic E-state index is 14.7. The number of methoxy groups -OCH3 is 2. The molecule has 0 heterocycles. The third-order valence-corrected chi connectivity index (χ3v) is 21.6. The molecule has 0 aliphatic heterocycles. The Labute approximate surface area is 340 Å². The quantitative estimate of drug-likeness (QED) is 0.0710. The summed E-state index contributed by atoms with van der Waals surface area (Å²) in [5.41, 5.74) is 2.49. The summed E-state index contributed by atoms with van der Waals surface area (Å²) in [4.78, 5) is 14.7. The van der Waals surface area contributed by atoms with Crippen LogP contribution in [0.3, 0.4) is 0 Å². The van der Waals surface area contributed by atoms with Gasteiger partial charge in [0, 0.05) is 31.5 Å². The second-order valence-electron chi connectivity index (χ2n) is 20.2. The van der Waals surface area contributed by atoms with Crippen molar-refractivity contribution in [2.45, 2.75) is 178 Å². The first kappa shape index (κ1) is 51.4. The van der Waals surface area contributed by atoms with E-state index < -0.39 is 40.2 Å². The van der Waals surface area contributed by atoms with Gasteiger partial charge in [-0.2, -0.15) is 0 Å². The average Bonchev–Trinajstić information content (AvgIpc) is 3.05. The summed E-state index contributed by atoms with van der Waals surface area (Å²) in [7, 11) is -1.10. The van der Waals surface area contributed by atoms with Crippen LogP contribution in [0.25, 0.3) is 0 Å². The minimum absolute atomic E-state index is 0.00333. The van der Waals surface area contributed by atoms with Gasteiger partial charge in [0.25, 0.3) is 0 Å². The zero-order valence-electron chi connectivity index (χ0n) is 39.1. The number of aliphatic hydroxyl groups excluding tert-OH is 1. The van der Waals surface area contributed by atoms with E-state index in [2.05, 4.69) is 115 Å². The summed E-state index contributed by atoms with van der Waals surface area (Å²) in [6, 6.07) is 7.91. The Morgan fingerprint density at radius 2 is 1.29 bits per heavy atom. The van der Waals surface area contributed by atoms with Gasteiger partial charge in [-0.1, -0.05) is 113 Å². The first-order valence-corrected chi connectivity index (χ1v) is 26.4. The number of carbonyl (C=O) groups is 1. The third kappa shape index (κ3) is 14.6. The standard InChI is InChI=1S/C46H84O7Si2/c1-31(2)28-32(3)29-33(4)41(53-55(20,21)45(11,12)13)35(6)40(47)36(7)42(48)46(14,15)43(50-17)34(5)39(52-54(18,19)44(8,9)10)26-27-51-30-37-22-24-38(49-16)25-23-37/h22-25,28-29,32,34-36,39-41,43,47H,26-27,30H2,1-21H3/b33-29+/t32-,34+,35-,36+,39-,40+,41+,43-/m0/s1. The van der Waals surface area contributed by atoms with E-state index in [9.17, 15) is 9.90 Å². The number of ether oxygens (including phenoxy) is 3. The van der Waals surface area contributed by atoms with Crippen LogP contribution in [0.2, 0.25) is 36.3 Å². The largest absolute Gasteiger partial charge is 0.497 e. The number of rotatable bonds is 22. The molecule has 1 aromatic carbocycles. The van der Waals surface area contributed by atoms with Gasteiger partial charge < -0.3 is 28.2 Å². The van der Waals surface area contributed by atoms with E-state index in [1.165, 1.54) is 5.57 Å². The number of aliphatic hydroxyl groups is 1. The summed E-state index contributed by atoms with van der Waals surface area (Å²) in [6.07, 6.45) is 3.21. The van der Waals surface area contributed by atoms with Gasteiger partial charge in [-0.3, -0.25) is 4.79 Å². The third-order valence-electron chi connectivity index (χ3n) is 12.6. The molecule has 0 amide bonds. The molecule has 9 heteroatoms. The molecule has 0 aliphatic rings. The van der Waals surface area contributed by atoms with Crippen molar-refractivity contribution in [2.75, 3.05) is 20.8 Å². The van der Waals surface area contributed by atoms with E-state index in [4.69, 9.17) is 23.1 Å². The maximum Gasteiger partial charge on any atom is 0.192 e. The highest BCUT2D eigenvalue weighted by Crippen LogP contribution is 2.43. The lowest BCUT2D eigenvalue weighted by Crippen LogP contribution is -2.54. The molecular formula is C46H84O7Si2. The lowest BCUT2D eigenvalue weighted by Gasteiger charge is -2.46. The maximum absolute atomic E-state index is 14.7. The molecule has 0 saturated carbocycles. The Morgan fingerprint density at radius 3 is 1.75 bits per heavy atom. The van der Waals surface area contributed by atoms with Crippen molar-refractivity contribution in [1.82, 2.24) is 0 Å². The molecule has 0 bridgehead atoms. The van der Waals surface area contributed by atoms with Crippen LogP contribution in [0.15, 0.2) is 47.6 Å². The summed E-state index contributed by atoms with van der Waals surface area (Å²) in [5, 5.41) is 12.1. The van der Waals surface area contributed by atoms with Crippen molar-refractivity contribution in [3.05, 3.63) is 53.1 Å². The molecule has 0 aliphatic carbocycles. The number of benzene rings is 1. The van der Waals surface area contributed by atoms with E-state index in [0.29, 0.717) is 19.6 Å². The number of hydrogen-bond donors (Lipinski definition) is 1. The second kappa shape index (κ2) is 20.9. The summed E-state index contributed by atoms with van der Waals surface area (Å²) in [5.74, 6) is -0.114. The molecule has 0 aromatic heterocycles. The van der Waals surface area contributed by atoms with E-state index in [-0.39, 0.29) is 45.8 Å². The lowest BCUT2D eigenvalue weighted by atomic mass is 9.69. The SMILES string of the molecule is COc1ccc(COCC[C@H](O[Si](C)(C)C(C)(C)C)[C@@H](C)[C@H](OC)C(C)(C)C(=O)[C@H](C)[C@H](O)[C@H](C)[C@H](O[Si](C)(C)C(C)(C)C)/C(C)=C/[C@@H](C)C=C(C)C)cc1. The van der Waals surface area contributed by atoms with Gasteiger partial charge in [0.05, 0.1) is 43.5 Å². The number of carbonyl (C=O) groups excluding carboxylic acids is 1. The molecule has 0 saturated heterocycles. The van der Waals surface area contributed by atoms with E-state index in [0.717, 1.165) is 16.9 Å². The molecule has 0 fully saturated rings. The van der Waals surface area contributed by atoms with Crippen LogP contribution in [0.4, 0.5) is 0 Å². The van der Waals surface area contributed by atoms with Crippen molar-refractivity contribution < 1.29 is 33.0 Å². The predicted octanol–water partition coefficient (Wildman–Crippen LogP) is 11.8. The molecule has 1 N–H and O–H groups in total. The van der Waals surface area contributed by atoms with Crippen LogP contribution in [-0.4, -0.2) is 72.8 Å². The van der Waals surface area contributed by atoms with Crippen molar-refractivity contribution >= 4 is 22.4 Å². The Bertz CT molecular complexity index is 1380. The molecular weight excluding hydrogens is 721 g/mol. The van der Waals surface area contributed by atoms with Crippen LogP contribution >= 0.6 is 0 Å². The van der Waals surface area contributed by atoms with Crippen molar-refractivity contribution in [3.63, 3.8) is 0 Å². The molecule has 1 aromatic rings. The second-order valence-corrected chi connectivity index (χ2v) is 29.7. The fourth-order valence-corrected chi connectivity index (χ4v) is 10.00. The van der Waals surface area contributed by atoms with Gasteiger partial charge in [-0.25, -0.2) is 0 Å². The molecule has 318 valence electrons. The fourth-order valence-electron chi connectivity index (χ4n) is 7.17. The Hall–Kier alpha value is -1.60. The minimum atomic E-state index is -2.24. The van der Waals surface area contributed by atoms with Crippen LogP contribution in [0.1, 0.15) is 116 Å². The first-order chi connectivity index (χ1) is 24.9. The number of hydrogen-bond acceptors (Lipinski definition) is 7. The predicted molar refractivity (Wildman–Crippen MR) is 237 cm³/mol. The van der Waals surface area contributed by atoms with Crippen molar-refractivity contribution in [3.8, 4) is 5.75 Å². The minimum Gasteiger partial charge on any atom is -0.497 e. The zero-order chi connectivity index (χ0) is 42.9. The van der Waals surface area contributed by atoms with Crippen LogP contribution in [0.5, 0.6) is 5.75 Å². The van der Waals surface area contributed by atoms with Crippen molar-refractivity contribution in [1.29, 1.82) is 0 Å².